The summed E-state index contributed by atoms with van der Waals surface area (Å²) in [6.07, 6.45) is 0. The van der Waals surface area contributed by atoms with Gasteiger partial charge in [0.05, 0.1) is 13.2 Å². The van der Waals surface area contributed by atoms with E-state index in [4.69, 9.17) is 9.15 Å². The first-order valence-corrected chi connectivity index (χ1v) is 7.78. The number of nitrogens with one attached hydrogen (secondary N) is 1. The van der Waals surface area contributed by atoms with Crippen LogP contribution in [0.5, 0.6) is 0 Å². The van der Waals surface area contributed by atoms with Crippen molar-refractivity contribution >= 4 is 5.88 Å². The minimum absolute atomic E-state index is 0.295. The van der Waals surface area contributed by atoms with Crippen LogP contribution in [-0.4, -0.2) is 49.3 Å². The normalized spacial score (nSPS) is 15.3. The number of ether oxygens (including phenoxy) is 1. The predicted octanol–water partition coefficient (Wildman–Crippen LogP) is 2.27. The zero-order valence-electron chi connectivity index (χ0n) is 13.2. The highest BCUT2D eigenvalue weighted by atomic mass is 16.5. The van der Waals surface area contributed by atoms with Crippen molar-refractivity contribution < 1.29 is 9.15 Å². The molecule has 1 aromatic heterocycles. The number of anilines is 1. The molecule has 0 unspecified atom stereocenters. The molecule has 6 heteroatoms. The molecule has 1 aliphatic heterocycles. The average molecular weight is 312 g/mol. The Morgan fingerprint density at radius 1 is 1.35 bits per heavy atom. The highest BCUT2D eigenvalue weighted by Crippen LogP contribution is 2.25. The van der Waals surface area contributed by atoms with E-state index in [0.717, 1.165) is 44.0 Å². The summed E-state index contributed by atoms with van der Waals surface area (Å²) in [5.74, 6) is 0.913. The summed E-state index contributed by atoms with van der Waals surface area (Å²) in [5, 5.41) is 12.4. The fourth-order valence-electron chi connectivity index (χ4n) is 2.57. The number of nitrogens with zero attached hydrogens (tertiary/aromatic N) is 3. The molecule has 0 amide bonds. The van der Waals surface area contributed by atoms with Crippen LogP contribution in [0.4, 0.5) is 5.88 Å². The van der Waals surface area contributed by atoms with Gasteiger partial charge in [-0.3, -0.25) is 4.90 Å². The van der Waals surface area contributed by atoms with E-state index in [2.05, 4.69) is 21.3 Å². The maximum atomic E-state index is 9.24. The zero-order valence-corrected chi connectivity index (χ0v) is 13.2. The molecule has 0 radical (unpaired) electrons. The number of aromatic nitrogens is 1. The summed E-state index contributed by atoms with van der Waals surface area (Å²) in [6, 6.07) is 9.97. The Balaban J connectivity index is 1.66. The summed E-state index contributed by atoms with van der Waals surface area (Å²) < 4.78 is 11.1. The van der Waals surface area contributed by atoms with Crippen molar-refractivity contribution in [3.63, 3.8) is 0 Å². The van der Waals surface area contributed by atoms with E-state index in [1.54, 1.807) is 0 Å². The lowest BCUT2D eigenvalue weighted by Gasteiger charge is -2.26. The van der Waals surface area contributed by atoms with Gasteiger partial charge in [-0.1, -0.05) is 17.7 Å². The molecule has 1 aromatic carbocycles. The molecule has 0 saturated carbocycles. The fraction of sp³-hybridized carbons (Fsp3) is 0.412. The summed E-state index contributed by atoms with van der Waals surface area (Å²) in [4.78, 5) is 6.60. The van der Waals surface area contributed by atoms with Crippen molar-refractivity contribution in [2.24, 2.45) is 0 Å². The summed E-state index contributed by atoms with van der Waals surface area (Å²) in [5.41, 5.74) is 2.30. The van der Waals surface area contributed by atoms with Gasteiger partial charge in [-0.25, -0.2) is 0 Å². The molecule has 1 fully saturated rings. The summed E-state index contributed by atoms with van der Waals surface area (Å²) in [7, 11) is 0. The third-order valence-corrected chi connectivity index (χ3v) is 3.82. The van der Waals surface area contributed by atoms with E-state index in [-0.39, 0.29) is 0 Å². The van der Waals surface area contributed by atoms with Gasteiger partial charge >= 0.3 is 0 Å². The second-order valence-electron chi connectivity index (χ2n) is 5.56. The number of morpholine rings is 1. The maximum Gasteiger partial charge on any atom is 0.232 e. The molecule has 0 spiro atoms. The monoisotopic (exact) mass is 312 g/mol. The molecular weight excluding hydrogens is 292 g/mol. The molecule has 0 bridgehead atoms. The number of hydrogen-bond acceptors (Lipinski definition) is 6. The lowest BCUT2D eigenvalue weighted by molar-refractivity contribution is 0.0398. The number of aryl methyl sites for hydroxylation is 1. The van der Waals surface area contributed by atoms with Gasteiger partial charge in [-0.15, -0.1) is 0 Å². The van der Waals surface area contributed by atoms with Gasteiger partial charge in [0.15, 0.2) is 0 Å². The van der Waals surface area contributed by atoms with Gasteiger partial charge in [-0.2, -0.15) is 10.2 Å². The number of hydrogen-bond donors (Lipinski definition) is 1. The fourth-order valence-corrected chi connectivity index (χ4v) is 2.57. The van der Waals surface area contributed by atoms with Gasteiger partial charge in [-0.05, 0) is 19.1 Å². The molecule has 2 aromatic rings. The van der Waals surface area contributed by atoms with Crippen LogP contribution >= 0.6 is 0 Å². The smallest absolute Gasteiger partial charge is 0.232 e. The molecule has 120 valence electrons. The van der Waals surface area contributed by atoms with Crippen LogP contribution < -0.4 is 5.32 Å². The van der Waals surface area contributed by atoms with Crippen molar-refractivity contribution in [1.82, 2.24) is 9.88 Å². The highest BCUT2D eigenvalue weighted by molar-refractivity contribution is 5.59. The SMILES string of the molecule is Cc1cccc(-c2nc(C#N)c(NCCN3CCOCC3)o2)c1. The largest absolute Gasteiger partial charge is 0.419 e. The Morgan fingerprint density at radius 2 is 2.17 bits per heavy atom. The standard InChI is InChI=1S/C17H20N4O2/c1-13-3-2-4-14(11-13)16-20-15(12-18)17(23-16)19-5-6-21-7-9-22-10-8-21/h2-4,11,19H,5-10H2,1H3. The topological polar surface area (TPSA) is 74.3 Å². The summed E-state index contributed by atoms with van der Waals surface area (Å²) >= 11 is 0. The van der Waals surface area contributed by atoms with E-state index in [1.165, 1.54) is 0 Å². The van der Waals surface area contributed by atoms with E-state index < -0.39 is 0 Å². The number of benzene rings is 1. The third-order valence-electron chi connectivity index (χ3n) is 3.82. The molecule has 0 atom stereocenters. The summed E-state index contributed by atoms with van der Waals surface area (Å²) in [6.45, 7) is 7.05. The lowest BCUT2D eigenvalue weighted by atomic mass is 10.1. The van der Waals surface area contributed by atoms with Crippen molar-refractivity contribution in [3.05, 3.63) is 35.5 Å². The number of rotatable bonds is 5. The van der Waals surface area contributed by atoms with Gasteiger partial charge in [0.2, 0.25) is 17.5 Å². The Labute approximate surface area is 135 Å². The quantitative estimate of drug-likeness (QED) is 0.913. The van der Waals surface area contributed by atoms with Gasteiger partial charge in [0.25, 0.3) is 0 Å². The number of oxazole rings is 1. The zero-order chi connectivity index (χ0) is 16.1. The van der Waals surface area contributed by atoms with Crippen LogP contribution in [0.15, 0.2) is 28.7 Å². The van der Waals surface area contributed by atoms with Crippen molar-refractivity contribution in [3.8, 4) is 17.5 Å². The van der Waals surface area contributed by atoms with Crippen molar-refractivity contribution in [1.29, 1.82) is 5.26 Å². The second-order valence-corrected chi connectivity index (χ2v) is 5.56. The molecule has 1 aliphatic rings. The van der Waals surface area contributed by atoms with E-state index in [9.17, 15) is 5.26 Å². The van der Waals surface area contributed by atoms with Crippen LogP contribution in [0.25, 0.3) is 11.5 Å². The molecule has 6 nitrogen and oxygen atoms in total. The molecule has 0 aliphatic carbocycles. The van der Waals surface area contributed by atoms with Crippen molar-refractivity contribution in [2.75, 3.05) is 44.7 Å². The average Bonchev–Trinajstić information content (AvgIpc) is 2.99. The van der Waals surface area contributed by atoms with Crippen LogP contribution in [0.3, 0.4) is 0 Å². The van der Waals surface area contributed by atoms with E-state index >= 15 is 0 Å². The first-order chi connectivity index (χ1) is 11.3. The van der Waals surface area contributed by atoms with Gasteiger partial charge in [0.1, 0.15) is 6.07 Å². The van der Waals surface area contributed by atoms with Crippen molar-refractivity contribution in [2.45, 2.75) is 6.92 Å². The number of nitriles is 1. The lowest BCUT2D eigenvalue weighted by Crippen LogP contribution is -2.39. The van der Waals surface area contributed by atoms with Gasteiger partial charge < -0.3 is 14.5 Å². The first kappa shape index (κ1) is 15.5. The predicted molar refractivity (Wildman–Crippen MR) is 87.1 cm³/mol. The second kappa shape index (κ2) is 7.27. The Morgan fingerprint density at radius 3 is 2.91 bits per heavy atom. The first-order valence-electron chi connectivity index (χ1n) is 7.78. The minimum Gasteiger partial charge on any atom is -0.419 e. The Hall–Kier alpha value is -2.36. The highest BCUT2D eigenvalue weighted by Gasteiger charge is 2.15. The Kier molecular flexibility index (Phi) is 4.91. The van der Waals surface area contributed by atoms with Crippen LogP contribution in [-0.2, 0) is 4.74 Å². The van der Waals surface area contributed by atoms with E-state index in [1.807, 2.05) is 31.2 Å². The molecule has 2 heterocycles. The third kappa shape index (κ3) is 3.89. The Bertz CT molecular complexity index is 699. The molecule has 23 heavy (non-hydrogen) atoms. The molecule has 1 saturated heterocycles. The van der Waals surface area contributed by atoms with Crippen LogP contribution in [0, 0.1) is 18.3 Å². The van der Waals surface area contributed by atoms with E-state index in [0.29, 0.717) is 24.0 Å². The molecule has 3 rings (SSSR count). The maximum absolute atomic E-state index is 9.24. The molecule has 1 N–H and O–H groups in total. The molecular formula is C17H20N4O2. The van der Waals surface area contributed by atoms with Crippen LogP contribution in [0.2, 0.25) is 0 Å². The minimum atomic E-state index is 0.295. The van der Waals surface area contributed by atoms with Crippen LogP contribution in [0.1, 0.15) is 11.3 Å². The van der Waals surface area contributed by atoms with Gasteiger partial charge in [0, 0.05) is 31.7 Å².